The van der Waals surface area contributed by atoms with Crippen molar-refractivity contribution in [2.24, 2.45) is 0 Å². The Morgan fingerprint density at radius 2 is 1.52 bits per heavy atom. The Hall–Kier alpha value is -3.35. The van der Waals surface area contributed by atoms with Crippen molar-refractivity contribution in [2.75, 3.05) is 0 Å². The van der Waals surface area contributed by atoms with E-state index in [2.05, 4.69) is 16.0 Å². The molecule has 2 aromatic carbocycles. The van der Waals surface area contributed by atoms with Crippen LogP contribution in [0.5, 0.6) is 5.75 Å². The van der Waals surface area contributed by atoms with Crippen LogP contribution >= 0.6 is 0 Å². The standard InChI is InChI=1S/C18H19N3O4/c1-13(22)20-16(17(23)19-12-14-8-4-2-5-9-14)21-18(24)25-15-10-6-3-7-11-15/h2-11,16H,12H2,1H3,(H,19,23)(H,20,22)(H,21,24). The number of rotatable bonds is 6. The Labute approximate surface area is 145 Å². The maximum absolute atomic E-state index is 12.2. The zero-order valence-electron chi connectivity index (χ0n) is 13.7. The van der Waals surface area contributed by atoms with Crippen molar-refractivity contribution >= 4 is 17.9 Å². The third-order valence-corrected chi connectivity index (χ3v) is 3.14. The van der Waals surface area contributed by atoms with Crippen molar-refractivity contribution in [3.63, 3.8) is 0 Å². The fraction of sp³-hybridized carbons (Fsp3) is 0.167. The summed E-state index contributed by atoms with van der Waals surface area (Å²) in [5.74, 6) is -0.685. The molecule has 0 radical (unpaired) electrons. The average molecular weight is 341 g/mol. The molecule has 0 aliphatic rings. The lowest BCUT2D eigenvalue weighted by Gasteiger charge is -2.18. The van der Waals surface area contributed by atoms with Crippen LogP contribution in [-0.4, -0.2) is 24.1 Å². The zero-order valence-corrected chi connectivity index (χ0v) is 13.7. The number of ether oxygens (including phenoxy) is 1. The molecule has 1 atom stereocenters. The van der Waals surface area contributed by atoms with Crippen molar-refractivity contribution in [3.05, 3.63) is 66.2 Å². The molecule has 0 aromatic heterocycles. The molecule has 0 saturated carbocycles. The number of amides is 3. The summed E-state index contributed by atoms with van der Waals surface area (Å²) in [7, 11) is 0. The average Bonchev–Trinajstić information content (AvgIpc) is 2.60. The van der Waals surface area contributed by atoms with Gasteiger partial charge in [-0.1, -0.05) is 48.5 Å². The SMILES string of the molecule is CC(=O)NC(NC(=O)Oc1ccccc1)C(=O)NCc1ccccc1. The molecule has 1 unspecified atom stereocenters. The zero-order chi connectivity index (χ0) is 18.1. The van der Waals surface area contributed by atoms with Crippen LogP contribution in [0.2, 0.25) is 0 Å². The van der Waals surface area contributed by atoms with Gasteiger partial charge in [0.2, 0.25) is 5.91 Å². The van der Waals surface area contributed by atoms with E-state index in [9.17, 15) is 14.4 Å². The Kier molecular flexibility index (Phi) is 6.53. The molecular weight excluding hydrogens is 322 g/mol. The minimum absolute atomic E-state index is 0.269. The van der Waals surface area contributed by atoms with Gasteiger partial charge in [-0.15, -0.1) is 0 Å². The van der Waals surface area contributed by atoms with Gasteiger partial charge >= 0.3 is 6.09 Å². The molecule has 0 heterocycles. The molecule has 7 heteroatoms. The number of carbonyl (C=O) groups excluding carboxylic acids is 3. The molecule has 0 saturated heterocycles. The van der Waals surface area contributed by atoms with Crippen molar-refractivity contribution in [3.8, 4) is 5.75 Å². The van der Waals surface area contributed by atoms with Gasteiger partial charge in [-0.25, -0.2) is 4.79 Å². The second-order valence-corrected chi connectivity index (χ2v) is 5.18. The van der Waals surface area contributed by atoms with Gasteiger partial charge in [-0.05, 0) is 17.7 Å². The Morgan fingerprint density at radius 3 is 2.12 bits per heavy atom. The van der Waals surface area contributed by atoms with Gasteiger partial charge in [0.1, 0.15) is 5.75 Å². The molecule has 0 aliphatic heterocycles. The summed E-state index contributed by atoms with van der Waals surface area (Å²) in [5, 5.41) is 7.35. The molecule has 7 nitrogen and oxygen atoms in total. The first-order chi connectivity index (χ1) is 12.0. The summed E-state index contributed by atoms with van der Waals surface area (Å²) in [6, 6.07) is 17.7. The van der Waals surface area contributed by atoms with E-state index in [-0.39, 0.29) is 6.54 Å². The maximum Gasteiger partial charge on any atom is 0.414 e. The van der Waals surface area contributed by atoms with Crippen LogP contribution in [0.25, 0.3) is 0 Å². The lowest BCUT2D eigenvalue weighted by molar-refractivity contribution is -0.128. The highest BCUT2D eigenvalue weighted by molar-refractivity contribution is 5.89. The largest absolute Gasteiger partial charge is 0.414 e. The lowest BCUT2D eigenvalue weighted by Crippen LogP contribution is -2.56. The van der Waals surface area contributed by atoms with E-state index < -0.39 is 24.1 Å². The van der Waals surface area contributed by atoms with E-state index in [1.807, 2.05) is 30.3 Å². The van der Waals surface area contributed by atoms with Gasteiger partial charge in [0, 0.05) is 13.5 Å². The fourth-order valence-electron chi connectivity index (χ4n) is 2.00. The summed E-state index contributed by atoms with van der Waals surface area (Å²) in [4.78, 5) is 35.5. The van der Waals surface area contributed by atoms with E-state index >= 15 is 0 Å². The van der Waals surface area contributed by atoms with Crippen LogP contribution in [0, 0.1) is 0 Å². The summed E-state index contributed by atoms with van der Waals surface area (Å²) >= 11 is 0. The summed E-state index contributed by atoms with van der Waals surface area (Å²) in [6.45, 7) is 1.52. The first-order valence-corrected chi connectivity index (χ1v) is 7.67. The van der Waals surface area contributed by atoms with Gasteiger partial charge in [0.15, 0.2) is 6.17 Å². The molecule has 3 amide bonds. The summed E-state index contributed by atoms with van der Waals surface area (Å²) < 4.78 is 5.06. The Bertz CT molecular complexity index is 720. The lowest BCUT2D eigenvalue weighted by atomic mass is 10.2. The number of carbonyl (C=O) groups is 3. The number of benzene rings is 2. The summed E-state index contributed by atoms with van der Waals surface area (Å²) in [6.07, 6.45) is -2.09. The van der Waals surface area contributed by atoms with E-state index in [0.717, 1.165) is 5.56 Å². The number of hydrogen-bond donors (Lipinski definition) is 3. The van der Waals surface area contributed by atoms with E-state index in [1.54, 1.807) is 30.3 Å². The van der Waals surface area contributed by atoms with Crippen LogP contribution in [0.4, 0.5) is 4.79 Å². The maximum atomic E-state index is 12.2. The van der Waals surface area contributed by atoms with Gasteiger partial charge in [0.25, 0.3) is 5.91 Å². The predicted octanol–water partition coefficient (Wildman–Crippen LogP) is 1.55. The third kappa shape index (κ3) is 6.34. The molecule has 0 bridgehead atoms. The number of hydrogen-bond acceptors (Lipinski definition) is 4. The van der Waals surface area contributed by atoms with Gasteiger partial charge in [-0.2, -0.15) is 0 Å². The highest BCUT2D eigenvalue weighted by Crippen LogP contribution is 2.08. The highest BCUT2D eigenvalue weighted by Gasteiger charge is 2.22. The second-order valence-electron chi connectivity index (χ2n) is 5.18. The fourth-order valence-corrected chi connectivity index (χ4v) is 2.00. The minimum atomic E-state index is -1.24. The molecule has 130 valence electrons. The van der Waals surface area contributed by atoms with E-state index in [0.29, 0.717) is 5.75 Å². The summed E-state index contributed by atoms with van der Waals surface area (Å²) in [5.41, 5.74) is 0.893. The van der Waals surface area contributed by atoms with Gasteiger partial charge in [0.05, 0.1) is 0 Å². The van der Waals surface area contributed by atoms with Gasteiger partial charge in [-0.3, -0.25) is 14.9 Å². The predicted molar refractivity (Wildman–Crippen MR) is 91.5 cm³/mol. The van der Waals surface area contributed by atoms with E-state index in [1.165, 1.54) is 6.92 Å². The first kappa shape index (κ1) is 18.0. The van der Waals surface area contributed by atoms with Crippen molar-refractivity contribution in [2.45, 2.75) is 19.6 Å². The van der Waals surface area contributed by atoms with Crippen molar-refractivity contribution in [1.82, 2.24) is 16.0 Å². The van der Waals surface area contributed by atoms with Gasteiger partial charge < -0.3 is 15.4 Å². The van der Waals surface area contributed by atoms with Crippen LogP contribution in [0.3, 0.4) is 0 Å². The number of para-hydroxylation sites is 1. The van der Waals surface area contributed by atoms with Crippen molar-refractivity contribution in [1.29, 1.82) is 0 Å². The molecule has 3 N–H and O–H groups in total. The van der Waals surface area contributed by atoms with Crippen molar-refractivity contribution < 1.29 is 19.1 Å². The second kappa shape index (κ2) is 9.07. The monoisotopic (exact) mass is 341 g/mol. The van der Waals surface area contributed by atoms with E-state index in [4.69, 9.17) is 4.74 Å². The third-order valence-electron chi connectivity index (χ3n) is 3.14. The Morgan fingerprint density at radius 1 is 0.920 bits per heavy atom. The number of nitrogens with one attached hydrogen (secondary N) is 3. The molecule has 25 heavy (non-hydrogen) atoms. The first-order valence-electron chi connectivity index (χ1n) is 7.67. The highest BCUT2D eigenvalue weighted by atomic mass is 16.6. The molecule has 2 rings (SSSR count). The van der Waals surface area contributed by atoms with Crippen LogP contribution in [0.15, 0.2) is 60.7 Å². The molecule has 2 aromatic rings. The molecule has 0 fully saturated rings. The topological polar surface area (TPSA) is 96.5 Å². The molecular formula is C18H19N3O4. The molecule has 0 aliphatic carbocycles. The van der Waals surface area contributed by atoms with Crippen LogP contribution in [-0.2, 0) is 16.1 Å². The quantitative estimate of drug-likeness (QED) is 0.695. The van der Waals surface area contributed by atoms with Crippen LogP contribution < -0.4 is 20.7 Å². The van der Waals surface area contributed by atoms with Crippen LogP contribution in [0.1, 0.15) is 12.5 Å². The molecule has 0 spiro atoms. The Balaban J connectivity index is 1.93. The minimum Gasteiger partial charge on any atom is -0.410 e. The smallest absolute Gasteiger partial charge is 0.410 e. The normalized spacial score (nSPS) is 11.1.